The third kappa shape index (κ3) is 4.63. The molecule has 5 heteroatoms. The van der Waals surface area contributed by atoms with E-state index >= 15 is 0 Å². The lowest BCUT2D eigenvalue weighted by atomic mass is 10.0. The predicted molar refractivity (Wildman–Crippen MR) is 99.3 cm³/mol. The van der Waals surface area contributed by atoms with Crippen LogP contribution in [0.1, 0.15) is 42.4 Å². The van der Waals surface area contributed by atoms with Gasteiger partial charge in [0.05, 0.1) is 6.61 Å². The number of pyridine rings is 1. The van der Waals surface area contributed by atoms with E-state index in [1.165, 1.54) is 5.56 Å². The molecule has 26 heavy (non-hydrogen) atoms. The van der Waals surface area contributed by atoms with Gasteiger partial charge in [-0.2, -0.15) is 0 Å². The molecule has 2 N–H and O–H groups in total. The van der Waals surface area contributed by atoms with Crippen molar-refractivity contribution >= 4 is 12.0 Å². The van der Waals surface area contributed by atoms with Gasteiger partial charge in [-0.1, -0.05) is 12.5 Å². The van der Waals surface area contributed by atoms with Gasteiger partial charge in [0.15, 0.2) is 0 Å². The third-order valence-corrected chi connectivity index (χ3v) is 4.58. The largest absolute Gasteiger partial charge is 0.507 e. The summed E-state index contributed by atoms with van der Waals surface area (Å²) in [7, 11) is 0. The second kappa shape index (κ2) is 8.52. The first-order valence-electron chi connectivity index (χ1n) is 8.95. The number of benzene rings is 1. The van der Waals surface area contributed by atoms with E-state index in [-0.39, 0.29) is 5.75 Å². The summed E-state index contributed by atoms with van der Waals surface area (Å²) < 4.78 is 5.50. The number of aromatic hydroxyl groups is 1. The van der Waals surface area contributed by atoms with E-state index in [1.807, 2.05) is 18.3 Å². The van der Waals surface area contributed by atoms with Crippen LogP contribution in [0, 0.1) is 0 Å². The maximum Gasteiger partial charge on any atom is 0.331 e. The van der Waals surface area contributed by atoms with Crippen LogP contribution in [0.25, 0.3) is 6.08 Å². The smallest absolute Gasteiger partial charge is 0.331 e. The SMILES string of the molecule is O=C(O)/C(=C/c1cc2c(cc1O)CCO2)CCCCCc1cccnc1. The van der Waals surface area contributed by atoms with Crippen molar-refractivity contribution in [3.8, 4) is 11.5 Å². The first-order chi connectivity index (χ1) is 12.6. The maximum atomic E-state index is 11.5. The fraction of sp³-hybridized carbons (Fsp3) is 0.333. The third-order valence-electron chi connectivity index (χ3n) is 4.58. The van der Waals surface area contributed by atoms with Crippen molar-refractivity contribution in [2.75, 3.05) is 6.61 Å². The number of unbranched alkanes of at least 4 members (excludes halogenated alkanes) is 2. The molecular weight excluding hydrogens is 330 g/mol. The normalized spacial score (nSPS) is 13.3. The monoisotopic (exact) mass is 353 g/mol. The number of phenols is 1. The van der Waals surface area contributed by atoms with Gasteiger partial charge in [-0.3, -0.25) is 4.98 Å². The van der Waals surface area contributed by atoms with E-state index in [9.17, 15) is 15.0 Å². The van der Waals surface area contributed by atoms with E-state index in [0.717, 1.165) is 43.4 Å². The first kappa shape index (κ1) is 18.0. The molecule has 1 aromatic carbocycles. The summed E-state index contributed by atoms with van der Waals surface area (Å²) in [4.78, 5) is 15.6. The first-order valence-corrected chi connectivity index (χ1v) is 8.95. The topological polar surface area (TPSA) is 79.7 Å². The number of rotatable bonds is 8. The Morgan fingerprint density at radius 3 is 2.92 bits per heavy atom. The Kier molecular flexibility index (Phi) is 5.89. The van der Waals surface area contributed by atoms with Crippen LogP contribution in [0.3, 0.4) is 0 Å². The number of fused-ring (bicyclic) bond motifs is 1. The Bertz CT molecular complexity index is 799. The summed E-state index contributed by atoms with van der Waals surface area (Å²) in [5.74, 6) is -0.113. The highest BCUT2D eigenvalue weighted by Crippen LogP contribution is 2.33. The number of hydrogen-bond acceptors (Lipinski definition) is 4. The maximum absolute atomic E-state index is 11.5. The zero-order valence-electron chi connectivity index (χ0n) is 14.6. The molecule has 0 atom stereocenters. The molecule has 0 radical (unpaired) electrons. The molecule has 0 saturated carbocycles. The summed E-state index contributed by atoms with van der Waals surface area (Å²) in [5.41, 5.74) is 2.97. The summed E-state index contributed by atoms with van der Waals surface area (Å²) in [6.45, 7) is 0.602. The van der Waals surface area contributed by atoms with E-state index in [0.29, 0.717) is 24.2 Å². The Morgan fingerprint density at radius 1 is 1.27 bits per heavy atom. The fourth-order valence-electron chi connectivity index (χ4n) is 3.14. The van der Waals surface area contributed by atoms with E-state index in [4.69, 9.17) is 4.74 Å². The number of aliphatic carboxylic acids is 1. The molecule has 2 aromatic rings. The summed E-state index contributed by atoms with van der Waals surface area (Å²) >= 11 is 0. The van der Waals surface area contributed by atoms with Crippen molar-refractivity contribution in [1.82, 2.24) is 4.98 Å². The average Bonchev–Trinajstić information content (AvgIpc) is 3.08. The zero-order valence-corrected chi connectivity index (χ0v) is 14.6. The molecule has 0 amide bonds. The van der Waals surface area contributed by atoms with E-state index in [1.54, 1.807) is 24.4 Å². The average molecular weight is 353 g/mol. The second-order valence-electron chi connectivity index (χ2n) is 6.51. The lowest BCUT2D eigenvalue weighted by Crippen LogP contribution is -2.01. The van der Waals surface area contributed by atoms with Gasteiger partial charge in [-0.05, 0) is 55.5 Å². The number of hydrogen-bond donors (Lipinski definition) is 2. The Morgan fingerprint density at radius 2 is 2.15 bits per heavy atom. The van der Waals surface area contributed by atoms with Crippen LogP contribution < -0.4 is 4.74 Å². The lowest BCUT2D eigenvalue weighted by Gasteiger charge is -2.07. The molecule has 136 valence electrons. The second-order valence-corrected chi connectivity index (χ2v) is 6.51. The lowest BCUT2D eigenvalue weighted by molar-refractivity contribution is -0.132. The van der Waals surface area contributed by atoms with Crippen molar-refractivity contribution in [1.29, 1.82) is 0 Å². The van der Waals surface area contributed by atoms with Crippen LogP contribution in [0.5, 0.6) is 11.5 Å². The molecule has 0 saturated heterocycles. The van der Waals surface area contributed by atoms with Gasteiger partial charge in [0.1, 0.15) is 11.5 Å². The minimum absolute atomic E-state index is 0.101. The highest BCUT2D eigenvalue weighted by Gasteiger charge is 2.16. The van der Waals surface area contributed by atoms with Crippen molar-refractivity contribution in [2.24, 2.45) is 0 Å². The minimum Gasteiger partial charge on any atom is -0.507 e. The number of carbonyl (C=O) groups is 1. The molecule has 0 unspecified atom stereocenters. The van der Waals surface area contributed by atoms with E-state index in [2.05, 4.69) is 4.98 Å². The highest BCUT2D eigenvalue weighted by molar-refractivity contribution is 5.92. The zero-order chi connectivity index (χ0) is 18.4. The van der Waals surface area contributed by atoms with Gasteiger partial charge < -0.3 is 14.9 Å². The van der Waals surface area contributed by atoms with Crippen LogP contribution >= 0.6 is 0 Å². The van der Waals surface area contributed by atoms with Crippen LogP contribution in [-0.4, -0.2) is 27.8 Å². The number of aryl methyl sites for hydroxylation is 1. The molecule has 1 aliphatic heterocycles. The molecule has 1 aromatic heterocycles. The molecule has 0 bridgehead atoms. The van der Waals surface area contributed by atoms with Gasteiger partial charge in [0.25, 0.3) is 0 Å². The molecule has 1 aliphatic rings. The van der Waals surface area contributed by atoms with Crippen LogP contribution in [0.2, 0.25) is 0 Å². The summed E-state index contributed by atoms with van der Waals surface area (Å²) in [5, 5.41) is 19.6. The summed E-state index contributed by atoms with van der Waals surface area (Å²) in [6.07, 6.45) is 10.1. The molecule has 5 nitrogen and oxygen atoms in total. The number of carboxylic acids is 1. The van der Waals surface area contributed by atoms with Gasteiger partial charge in [0.2, 0.25) is 0 Å². The minimum atomic E-state index is -0.946. The van der Waals surface area contributed by atoms with Crippen LogP contribution in [0.15, 0.2) is 42.2 Å². The number of carboxylic acid groups (broad SMARTS) is 1. The van der Waals surface area contributed by atoms with Crippen molar-refractivity contribution in [3.63, 3.8) is 0 Å². The van der Waals surface area contributed by atoms with Crippen LogP contribution in [0.4, 0.5) is 0 Å². The number of aromatic nitrogens is 1. The predicted octanol–water partition coefficient (Wildman–Crippen LogP) is 3.99. The highest BCUT2D eigenvalue weighted by atomic mass is 16.5. The van der Waals surface area contributed by atoms with Crippen molar-refractivity contribution in [2.45, 2.75) is 38.5 Å². The fourth-order valence-corrected chi connectivity index (χ4v) is 3.14. The molecular formula is C21H23NO4. The quantitative estimate of drug-likeness (QED) is 0.554. The molecule has 0 fully saturated rings. The molecule has 0 aliphatic carbocycles. The van der Waals surface area contributed by atoms with Crippen molar-refractivity contribution < 1.29 is 19.7 Å². The summed E-state index contributed by atoms with van der Waals surface area (Å²) in [6, 6.07) is 7.37. The van der Waals surface area contributed by atoms with Gasteiger partial charge in [0, 0.05) is 35.5 Å². The van der Waals surface area contributed by atoms with E-state index < -0.39 is 5.97 Å². The standard InChI is InChI=1S/C21H23NO4/c23-19-12-16-8-10-26-20(16)13-18(19)11-17(21(24)25)7-3-1-2-5-15-6-4-9-22-14-15/h4,6,9,11-14,23H,1-3,5,7-8,10H2,(H,24,25)/b17-11+. The van der Waals surface area contributed by atoms with Crippen LogP contribution in [-0.2, 0) is 17.6 Å². The number of nitrogens with zero attached hydrogens (tertiary/aromatic N) is 1. The van der Waals surface area contributed by atoms with Gasteiger partial charge in [-0.15, -0.1) is 0 Å². The van der Waals surface area contributed by atoms with Gasteiger partial charge >= 0.3 is 5.97 Å². The molecule has 2 heterocycles. The Balaban J connectivity index is 1.57. The Hall–Kier alpha value is -2.82. The number of phenolic OH excluding ortho intramolecular Hbond substituents is 1. The Labute approximate surface area is 153 Å². The molecule has 0 spiro atoms. The van der Waals surface area contributed by atoms with Crippen molar-refractivity contribution in [3.05, 3.63) is 58.9 Å². The van der Waals surface area contributed by atoms with Gasteiger partial charge in [-0.25, -0.2) is 4.79 Å². The molecule has 3 rings (SSSR count). The number of ether oxygens (including phenoxy) is 1.